The van der Waals surface area contributed by atoms with Gasteiger partial charge in [-0.1, -0.05) is 86.4 Å². The highest BCUT2D eigenvalue weighted by molar-refractivity contribution is 5.91. The summed E-state index contributed by atoms with van der Waals surface area (Å²) in [6.07, 6.45) is -2.50. The van der Waals surface area contributed by atoms with Crippen LogP contribution < -0.4 is 16.0 Å². The third-order valence-corrected chi connectivity index (χ3v) is 13.4. The van der Waals surface area contributed by atoms with Gasteiger partial charge in [0.25, 0.3) is 0 Å². The van der Waals surface area contributed by atoms with Crippen molar-refractivity contribution in [1.29, 1.82) is 0 Å². The van der Waals surface area contributed by atoms with Gasteiger partial charge in [0.05, 0.1) is 18.2 Å². The third-order valence-electron chi connectivity index (χ3n) is 13.4. The highest BCUT2D eigenvalue weighted by Crippen LogP contribution is 2.26. The second kappa shape index (κ2) is 29.5. The van der Waals surface area contributed by atoms with E-state index in [4.69, 9.17) is 9.47 Å². The molecule has 2 aliphatic rings. The number of amides is 6. The third kappa shape index (κ3) is 18.3. The lowest BCUT2D eigenvalue weighted by atomic mass is 10.1. The summed E-state index contributed by atoms with van der Waals surface area (Å²) < 4.78 is 53.4. The molecule has 2 saturated heterocycles. The Morgan fingerprint density at radius 1 is 0.708 bits per heavy atom. The predicted octanol–water partition coefficient (Wildman–Crippen LogP) is 4.52. The Morgan fingerprint density at radius 3 is 1.64 bits per heavy atom. The van der Waals surface area contributed by atoms with Crippen LogP contribution in [0, 0.1) is 29.6 Å². The van der Waals surface area contributed by atoms with Crippen molar-refractivity contribution >= 4 is 35.4 Å². The van der Waals surface area contributed by atoms with E-state index in [0.29, 0.717) is 58.2 Å². The van der Waals surface area contributed by atoms with E-state index < -0.39 is 60.3 Å². The van der Waals surface area contributed by atoms with E-state index in [1.807, 2.05) is 67.6 Å². The molecule has 2 unspecified atom stereocenters. The first-order valence-electron chi connectivity index (χ1n) is 25.1. The largest absolute Gasteiger partial charge is 0.471 e. The smallest absolute Gasteiger partial charge is 0.363 e. The van der Waals surface area contributed by atoms with Crippen molar-refractivity contribution in [3.05, 3.63) is 71.8 Å². The topological polar surface area (TPSA) is 170 Å². The van der Waals surface area contributed by atoms with Gasteiger partial charge in [-0.05, 0) is 102 Å². The van der Waals surface area contributed by atoms with Crippen molar-refractivity contribution in [2.24, 2.45) is 5.92 Å². The minimum absolute atomic E-state index is 0.0820. The van der Waals surface area contributed by atoms with Crippen LogP contribution in [-0.2, 0) is 51.1 Å². The van der Waals surface area contributed by atoms with Gasteiger partial charge in [0.1, 0.15) is 25.3 Å². The van der Waals surface area contributed by atoms with E-state index in [1.54, 1.807) is 44.5 Å². The van der Waals surface area contributed by atoms with E-state index in [2.05, 4.69) is 39.6 Å². The van der Waals surface area contributed by atoms with Crippen LogP contribution in [-0.4, -0.2) is 163 Å². The summed E-state index contributed by atoms with van der Waals surface area (Å²) in [5, 5.41) is 8.48. The molecule has 0 saturated carbocycles. The van der Waals surface area contributed by atoms with Gasteiger partial charge >= 0.3 is 12.1 Å². The fourth-order valence-electron chi connectivity index (χ4n) is 8.71. The van der Waals surface area contributed by atoms with Crippen molar-refractivity contribution in [1.82, 2.24) is 35.6 Å². The Labute approximate surface area is 423 Å². The van der Waals surface area contributed by atoms with E-state index in [0.717, 1.165) is 22.4 Å². The Hall–Kier alpha value is -5.95. The zero-order valence-electron chi connectivity index (χ0n) is 42.9. The SMILES string of the molecule is CC[C@@H](C)C(=O)N[C@H](C(=O)N1CCC[C@H]1CN(CCc1ccccc1)C(C)=O)C(C)OCC#CC#CCOC(C)[C@H](NC(=O)[C@H](C)NC)C(=O)N1CCC[C@H]1CN(CCCc1ccccc1)C(=O)C(F)(F)F. The number of halogens is 3. The molecule has 0 aliphatic carbocycles. The molecule has 15 nitrogen and oxygen atoms in total. The zero-order chi connectivity index (χ0) is 52.8. The molecule has 0 spiro atoms. The van der Waals surface area contributed by atoms with Crippen LogP contribution in [0.2, 0.25) is 0 Å². The molecule has 0 aromatic heterocycles. The Bertz CT molecular complexity index is 2210. The number of ether oxygens (including phenoxy) is 2. The van der Waals surface area contributed by atoms with E-state index in [9.17, 15) is 41.9 Å². The Morgan fingerprint density at radius 2 is 1.18 bits per heavy atom. The molecule has 394 valence electrons. The van der Waals surface area contributed by atoms with Crippen molar-refractivity contribution in [3.8, 4) is 23.7 Å². The predicted molar refractivity (Wildman–Crippen MR) is 267 cm³/mol. The molecule has 0 bridgehead atoms. The number of aryl methyl sites for hydroxylation is 1. The number of nitrogens with zero attached hydrogens (tertiary/aromatic N) is 4. The number of hydrogen-bond donors (Lipinski definition) is 3. The normalized spacial score (nSPS) is 18.0. The number of rotatable bonds is 25. The van der Waals surface area contributed by atoms with Gasteiger partial charge in [-0.25, -0.2) is 0 Å². The first-order valence-corrected chi connectivity index (χ1v) is 25.1. The van der Waals surface area contributed by atoms with Crippen molar-refractivity contribution < 1.29 is 51.4 Å². The Kier molecular flexibility index (Phi) is 24.0. The quantitative estimate of drug-likeness (QED) is 0.121. The molecule has 18 heteroatoms. The monoisotopic (exact) mass is 1010 g/mol. The maximum absolute atomic E-state index is 14.3. The fraction of sp³-hybridized carbons (Fsp3) is 0.593. The summed E-state index contributed by atoms with van der Waals surface area (Å²) in [7, 11) is 1.58. The van der Waals surface area contributed by atoms with Crippen molar-refractivity contribution in [2.45, 2.75) is 142 Å². The Balaban J connectivity index is 1.38. The summed E-state index contributed by atoms with van der Waals surface area (Å²) in [5.41, 5.74) is 2.03. The fourth-order valence-corrected chi connectivity index (χ4v) is 8.71. The summed E-state index contributed by atoms with van der Waals surface area (Å²) in [6, 6.07) is 15.2. The molecule has 3 N–H and O–H groups in total. The van der Waals surface area contributed by atoms with Gasteiger partial charge in [0, 0.05) is 64.2 Å². The molecule has 2 aliphatic heterocycles. The van der Waals surface area contributed by atoms with Gasteiger partial charge in [-0.15, -0.1) is 0 Å². The molecule has 8 atom stereocenters. The van der Waals surface area contributed by atoms with E-state index in [1.165, 1.54) is 11.8 Å². The number of carbonyl (C=O) groups excluding carboxylic acids is 6. The highest BCUT2D eigenvalue weighted by Gasteiger charge is 2.45. The highest BCUT2D eigenvalue weighted by atomic mass is 19.4. The lowest BCUT2D eigenvalue weighted by molar-refractivity contribution is -0.186. The van der Waals surface area contributed by atoms with Crippen molar-refractivity contribution in [3.63, 3.8) is 0 Å². The van der Waals surface area contributed by atoms with Crippen LogP contribution in [0.5, 0.6) is 0 Å². The van der Waals surface area contributed by atoms with Crippen LogP contribution in [0.4, 0.5) is 13.2 Å². The second-order valence-corrected chi connectivity index (χ2v) is 18.6. The van der Waals surface area contributed by atoms with Crippen LogP contribution in [0.3, 0.4) is 0 Å². The number of alkyl halides is 3. The van der Waals surface area contributed by atoms with Gasteiger partial charge in [-0.2, -0.15) is 13.2 Å². The number of hydrogen-bond acceptors (Lipinski definition) is 9. The standard InChI is InChI=1S/C54H74F3N7O8/c1-8-38(2)49(66)59-47(51(68)63-31-20-27-45(63)36-61(42(6)65)33-29-44-24-15-12-16-25-44)40(4)71-34-17-9-10-18-35-72-41(5)48(60-50(67)39(3)58-7)52(69)64-32-21-28-46(64)37-62(53(70)54(55,56)57)30-19-26-43-22-13-11-14-23-43/h11-16,22-25,38-41,45-48,58H,8,19-21,26-37H2,1-7H3,(H,59,66)(H,60,67)/t38-,39+,40?,41?,45+,46+,47+,48+/m1/s1. The minimum atomic E-state index is -5.10. The first kappa shape index (κ1) is 58.6. The number of carbonyl (C=O) groups is 6. The summed E-state index contributed by atoms with van der Waals surface area (Å²) >= 11 is 0. The van der Waals surface area contributed by atoms with Gasteiger partial charge in [0.15, 0.2) is 0 Å². The molecular weight excluding hydrogens is 932 g/mol. The molecule has 2 aromatic rings. The van der Waals surface area contributed by atoms with Crippen molar-refractivity contribution in [2.75, 3.05) is 59.5 Å². The van der Waals surface area contributed by atoms with Crippen LogP contribution in [0.25, 0.3) is 0 Å². The molecule has 2 fully saturated rings. The van der Waals surface area contributed by atoms with E-state index >= 15 is 0 Å². The lowest BCUT2D eigenvalue weighted by Crippen LogP contribution is -2.59. The summed E-state index contributed by atoms with van der Waals surface area (Å²) in [5.74, 6) is 6.90. The maximum atomic E-state index is 14.3. The average Bonchev–Trinajstić information content (AvgIpc) is 4.05. The molecule has 6 amide bonds. The van der Waals surface area contributed by atoms with Crippen LogP contribution in [0.15, 0.2) is 60.7 Å². The summed E-state index contributed by atoms with van der Waals surface area (Å²) in [6.45, 7) is 10.8. The number of benzene rings is 2. The molecule has 2 aromatic carbocycles. The second-order valence-electron chi connectivity index (χ2n) is 18.6. The molecule has 2 heterocycles. The summed E-state index contributed by atoms with van der Waals surface area (Å²) in [4.78, 5) is 85.8. The van der Waals surface area contributed by atoms with E-state index in [-0.39, 0.29) is 69.0 Å². The molecule has 4 rings (SSSR count). The number of nitrogens with one attached hydrogen (secondary N) is 3. The number of likely N-dealkylation sites (tertiary alicyclic amines) is 2. The van der Waals surface area contributed by atoms with Crippen LogP contribution >= 0.6 is 0 Å². The lowest BCUT2D eigenvalue weighted by Gasteiger charge is -2.35. The van der Waals surface area contributed by atoms with Gasteiger partial charge < -0.3 is 45.0 Å². The molecular formula is C54H74F3N7O8. The first-order chi connectivity index (χ1) is 34.4. The number of likely N-dealkylation sites (N-methyl/N-ethyl adjacent to an activating group) is 1. The zero-order valence-corrected chi connectivity index (χ0v) is 42.9. The minimum Gasteiger partial charge on any atom is -0.363 e. The maximum Gasteiger partial charge on any atom is 0.471 e. The molecule has 72 heavy (non-hydrogen) atoms. The molecule has 0 radical (unpaired) electrons. The van der Waals surface area contributed by atoms with Gasteiger partial charge in [-0.3, -0.25) is 28.8 Å². The average molecular weight is 1010 g/mol. The van der Waals surface area contributed by atoms with Crippen LogP contribution in [0.1, 0.15) is 91.2 Å². The van der Waals surface area contributed by atoms with Gasteiger partial charge in [0.2, 0.25) is 29.5 Å².